The summed E-state index contributed by atoms with van der Waals surface area (Å²) in [5.41, 5.74) is 2.25. The lowest BCUT2D eigenvalue weighted by atomic mass is 9.99. The van der Waals surface area contributed by atoms with Crippen LogP contribution in [0.3, 0.4) is 0 Å². The summed E-state index contributed by atoms with van der Waals surface area (Å²) in [5.74, 6) is -1.61. The molecule has 0 aliphatic heterocycles. The fourth-order valence-electron chi connectivity index (χ4n) is 2.30. The first-order chi connectivity index (χ1) is 10.9. The van der Waals surface area contributed by atoms with E-state index >= 15 is 0 Å². The van der Waals surface area contributed by atoms with Crippen LogP contribution in [0.25, 0.3) is 5.69 Å². The van der Waals surface area contributed by atoms with Gasteiger partial charge in [0.15, 0.2) is 0 Å². The average Bonchev–Trinajstić information content (AvgIpc) is 3.01. The molecule has 2 aromatic rings. The zero-order valence-electron chi connectivity index (χ0n) is 13.5. The molecular formula is C17H21N3O3. The Morgan fingerprint density at radius 3 is 2.65 bits per heavy atom. The molecule has 6 nitrogen and oxygen atoms in total. The Bertz CT molecular complexity index is 709. The fraction of sp³-hybridized carbons (Fsp3) is 0.353. The number of hydrogen-bond donors (Lipinski definition) is 2. The van der Waals surface area contributed by atoms with Crippen molar-refractivity contribution in [3.05, 3.63) is 47.8 Å². The molecule has 0 saturated heterocycles. The van der Waals surface area contributed by atoms with Gasteiger partial charge in [-0.15, -0.1) is 0 Å². The monoisotopic (exact) mass is 315 g/mol. The topological polar surface area (TPSA) is 84.2 Å². The smallest absolute Gasteiger partial charge is 0.326 e. The van der Waals surface area contributed by atoms with Crippen LogP contribution in [0.4, 0.5) is 0 Å². The average molecular weight is 315 g/mol. The summed E-state index contributed by atoms with van der Waals surface area (Å²) in [4.78, 5) is 23.6. The van der Waals surface area contributed by atoms with Gasteiger partial charge in [0.05, 0.1) is 17.4 Å². The third kappa shape index (κ3) is 3.77. The lowest BCUT2D eigenvalue weighted by Gasteiger charge is -2.19. The Morgan fingerprint density at radius 1 is 1.35 bits per heavy atom. The van der Waals surface area contributed by atoms with Gasteiger partial charge >= 0.3 is 5.97 Å². The lowest BCUT2D eigenvalue weighted by Crippen LogP contribution is -2.44. The highest BCUT2D eigenvalue weighted by Gasteiger charge is 2.26. The number of aromatic nitrogens is 2. The van der Waals surface area contributed by atoms with Crippen molar-refractivity contribution in [1.29, 1.82) is 0 Å². The van der Waals surface area contributed by atoms with Gasteiger partial charge in [-0.25, -0.2) is 9.48 Å². The second kappa shape index (κ2) is 7.09. The second-order valence-electron chi connectivity index (χ2n) is 5.63. The van der Waals surface area contributed by atoms with E-state index in [9.17, 15) is 14.7 Å². The predicted octanol–water partition coefficient (Wildman–Crippen LogP) is 2.41. The Labute approximate surface area is 135 Å². The van der Waals surface area contributed by atoms with E-state index < -0.39 is 17.9 Å². The molecule has 0 aliphatic carbocycles. The molecule has 0 saturated carbocycles. The van der Waals surface area contributed by atoms with Crippen LogP contribution in [-0.2, 0) is 4.79 Å². The van der Waals surface area contributed by atoms with Crippen molar-refractivity contribution in [3.8, 4) is 5.69 Å². The van der Waals surface area contributed by atoms with E-state index in [4.69, 9.17) is 0 Å². The molecule has 2 N–H and O–H groups in total. The number of amides is 1. The molecule has 0 aliphatic rings. The van der Waals surface area contributed by atoms with E-state index in [-0.39, 0.29) is 5.92 Å². The SMILES string of the molecule is CCC(C)C(NC(=O)c1cnn(-c2ccccc2C)c1)C(=O)O. The van der Waals surface area contributed by atoms with Crippen molar-refractivity contribution in [2.45, 2.75) is 33.2 Å². The van der Waals surface area contributed by atoms with E-state index in [1.165, 1.54) is 6.20 Å². The number of rotatable bonds is 6. The van der Waals surface area contributed by atoms with Gasteiger partial charge in [-0.1, -0.05) is 38.5 Å². The van der Waals surface area contributed by atoms with Crippen LogP contribution in [0.15, 0.2) is 36.7 Å². The first-order valence-electron chi connectivity index (χ1n) is 7.58. The number of benzene rings is 1. The quantitative estimate of drug-likeness (QED) is 0.857. The summed E-state index contributed by atoms with van der Waals surface area (Å²) in [6.45, 7) is 5.65. The molecule has 122 valence electrons. The molecule has 6 heteroatoms. The maximum Gasteiger partial charge on any atom is 0.326 e. The van der Waals surface area contributed by atoms with Crippen LogP contribution in [0, 0.1) is 12.8 Å². The highest BCUT2D eigenvalue weighted by atomic mass is 16.4. The number of aryl methyl sites for hydroxylation is 1. The molecule has 0 radical (unpaired) electrons. The fourth-order valence-corrected chi connectivity index (χ4v) is 2.30. The number of carbonyl (C=O) groups is 2. The largest absolute Gasteiger partial charge is 0.480 e. The number of carbonyl (C=O) groups excluding carboxylic acids is 1. The maximum atomic E-state index is 12.3. The van der Waals surface area contributed by atoms with Crippen molar-refractivity contribution >= 4 is 11.9 Å². The first-order valence-corrected chi connectivity index (χ1v) is 7.58. The Kier molecular flexibility index (Phi) is 5.16. The van der Waals surface area contributed by atoms with Gasteiger partial charge in [-0.3, -0.25) is 4.79 Å². The minimum absolute atomic E-state index is 0.150. The second-order valence-corrected chi connectivity index (χ2v) is 5.63. The van der Waals surface area contributed by atoms with Gasteiger partial charge in [-0.2, -0.15) is 5.10 Å². The molecule has 1 heterocycles. The molecule has 0 spiro atoms. The zero-order chi connectivity index (χ0) is 17.0. The van der Waals surface area contributed by atoms with Crippen molar-refractivity contribution in [2.24, 2.45) is 5.92 Å². The first kappa shape index (κ1) is 16.7. The maximum absolute atomic E-state index is 12.3. The van der Waals surface area contributed by atoms with Crippen LogP contribution in [-0.4, -0.2) is 32.8 Å². The Balaban J connectivity index is 2.18. The van der Waals surface area contributed by atoms with Gasteiger partial charge in [0.1, 0.15) is 6.04 Å². The van der Waals surface area contributed by atoms with Crippen molar-refractivity contribution < 1.29 is 14.7 Å². The number of hydrogen-bond acceptors (Lipinski definition) is 3. The summed E-state index contributed by atoms with van der Waals surface area (Å²) in [6, 6.07) is 6.78. The number of carboxylic acid groups (broad SMARTS) is 1. The number of carboxylic acids is 1. The molecule has 0 fully saturated rings. The van der Waals surface area contributed by atoms with Crippen LogP contribution in [0.2, 0.25) is 0 Å². The molecule has 1 aromatic heterocycles. The minimum atomic E-state index is -1.03. The minimum Gasteiger partial charge on any atom is -0.480 e. The standard InChI is InChI=1S/C17H21N3O3/c1-4-11(2)15(17(22)23)19-16(21)13-9-18-20(10-13)14-8-6-5-7-12(14)3/h5-11,15H,4H2,1-3H3,(H,19,21)(H,22,23). The Morgan fingerprint density at radius 2 is 2.04 bits per heavy atom. The van der Waals surface area contributed by atoms with E-state index in [1.807, 2.05) is 38.1 Å². The molecule has 2 rings (SSSR count). The van der Waals surface area contributed by atoms with Crippen LogP contribution in [0.1, 0.15) is 36.2 Å². The van der Waals surface area contributed by atoms with Crippen molar-refractivity contribution in [1.82, 2.24) is 15.1 Å². The number of nitrogens with zero attached hydrogens (tertiary/aromatic N) is 2. The zero-order valence-corrected chi connectivity index (χ0v) is 13.5. The van der Waals surface area contributed by atoms with E-state index in [0.29, 0.717) is 12.0 Å². The summed E-state index contributed by atoms with van der Waals surface area (Å²) < 4.78 is 1.61. The van der Waals surface area contributed by atoms with E-state index in [2.05, 4.69) is 10.4 Å². The predicted molar refractivity (Wildman–Crippen MR) is 86.6 cm³/mol. The van der Waals surface area contributed by atoms with Gasteiger partial charge in [0.25, 0.3) is 5.91 Å². The summed E-state index contributed by atoms with van der Waals surface area (Å²) in [5, 5.41) is 16.0. The number of aliphatic carboxylic acids is 1. The highest BCUT2D eigenvalue weighted by molar-refractivity contribution is 5.96. The highest BCUT2D eigenvalue weighted by Crippen LogP contribution is 2.14. The Hall–Kier alpha value is -2.63. The summed E-state index contributed by atoms with van der Waals surface area (Å²) in [7, 11) is 0. The van der Waals surface area contributed by atoms with Gasteiger partial charge in [0.2, 0.25) is 0 Å². The van der Waals surface area contributed by atoms with E-state index in [1.54, 1.807) is 17.8 Å². The van der Waals surface area contributed by atoms with Crippen molar-refractivity contribution in [2.75, 3.05) is 0 Å². The third-order valence-electron chi connectivity index (χ3n) is 3.97. The number of para-hydroxylation sites is 1. The molecule has 2 unspecified atom stereocenters. The van der Waals surface area contributed by atoms with Crippen LogP contribution < -0.4 is 5.32 Å². The number of nitrogens with one attached hydrogen (secondary N) is 1. The summed E-state index contributed by atoms with van der Waals surface area (Å²) >= 11 is 0. The molecule has 1 amide bonds. The van der Waals surface area contributed by atoms with Gasteiger partial charge < -0.3 is 10.4 Å². The molecule has 23 heavy (non-hydrogen) atoms. The molecule has 2 atom stereocenters. The van der Waals surface area contributed by atoms with Crippen molar-refractivity contribution in [3.63, 3.8) is 0 Å². The van der Waals surface area contributed by atoms with E-state index in [0.717, 1.165) is 11.3 Å². The van der Waals surface area contributed by atoms with Crippen LogP contribution >= 0.6 is 0 Å². The molecule has 0 bridgehead atoms. The summed E-state index contributed by atoms with van der Waals surface area (Å²) in [6.07, 6.45) is 3.71. The lowest BCUT2D eigenvalue weighted by molar-refractivity contribution is -0.140. The van der Waals surface area contributed by atoms with Gasteiger partial charge in [0, 0.05) is 6.20 Å². The van der Waals surface area contributed by atoms with Crippen LogP contribution in [0.5, 0.6) is 0 Å². The molecule has 1 aromatic carbocycles. The van der Waals surface area contributed by atoms with Gasteiger partial charge in [-0.05, 0) is 24.5 Å². The third-order valence-corrected chi connectivity index (χ3v) is 3.97. The normalized spacial score (nSPS) is 13.3. The molecular weight excluding hydrogens is 294 g/mol.